The molecule has 1 atom stereocenters. The van der Waals surface area contributed by atoms with Crippen LogP contribution >= 0.6 is 0 Å². The van der Waals surface area contributed by atoms with Crippen molar-refractivity contribution in [3.8, 4) is 0 Å². The van der Waals surface area contributed by atoms with Crippen molar-refractivity contribution in [3.63, 3.8) is 0 Å². The van der Waals surface area contributed by atoms with Gasteiger partial charge in [-0.15, -0.1) is 0 Å². The van der Waals surface area contributed by atoms with Crippen molar-refractivity contribution in [3.05, 3.63) is 58.9 Å². The maximum Gasteiger partial charge on any atom is 0.295 e. The van der Waals surface area contributed by atoms with E-state index in [1.54, 1.807) is 38.4 Å². The van der Waals surface area contributed by atoms with Gasteiger partial charge in [-0.2, -0.15) is 0 Å². The number of hydrogen-bond donors (Lipinski definition) is 1. The molecule has 0 radical (unpaired) electrons. The number of rotatable bonds is 5. The third-order valence-corrected chi connectivity index (χ3v) is 5.66. The predicted molar refractivity (Wildman–Crippen MR) is 112 cm³/mol. The second kappa shape index (κ2) is 8.91. The lowest BCUT2D eigenvalue weighted by Gasteiger charge is -2.30. The molecule has 162 valence electrons. The molecule has 2 aromatic rings. The molecule has 1 amide bonds. The van der Waals surface area contributed by atoms with Crippen molar-refractivity contribution in [1.82, 2.24) is 24.8 Å². The van der Waals surface area contributed by atoms with E-state index >= 15 is 0 Å². The number of ketones is 1. The van der Waals surface area contributed by atoms with Crippen molar-refractivity contribution in [2.24, 2.45) is 0 Å². The van der Waals surface area contributed by atoms with Crippen LogP contribution in [0, 0.1) is 13.8 Å². The van der Waals surface area contributed by atoms with Crippen LogP contribution in [-0.2, 0) is 14.3 Å². The zero-order chi connectivity index (χ0) is 22.0. The van der Waals surface area contributed by atoms with Gasteiger partial charge in [-0.25, -0.2) is 9.97 Å². The van der Waals surface area contributed by atoms with Crippen molar-refractivity contribution in [1.29, 1.82) is 0 Å². The van der Waals surface area contributed by atoms with Gasteiger partial charge < -0.3 is 14.7 Å². The summed E-state index contributed by atoms with van der Waals surface area (Å²) < 4.78 is 5.38. The monoisotopic (exact) mass is 423 g/mol. The molecule has 4 heterocycles. The smallest absolute Gasteiger partial charge is 0.295 e. The Balaban J connectivity index is 1.74. The first-order valence-corrected chi connectivity index (χ1v) is 10.3. The van der Waals surface area contributed by atoms with Crippen LogP contribution in [0.15, 0.2) is 36.3 Å². The normalized spacial score (nSPS) is 21.6. The fraction of sp³-hybridized carbons (Fsp3) is 0.409. The maximum absolute atomic E-state index is 13.0. The van der Waals surface area contributed by atoms with Crippen molar-refractivity contribution >= 4 is 17.4 Å². The topological polar surface area (TPSA) is 109 Å². The first kappa shape index (κ1) is 21.1. The zero-order valence-electron chi connectivity index (χ0n) is 17.6. The number of hydrogen-bond acceptors (Lipinski definition) is 8. The average molecular weight is 423 g/mol. The first-order chi connectivity index (χ1) is 15.0. The van der Waals surface area contributed by atoms with Gasteiger partial charge in [0.25, 0.3) is 11.7 Å². The molecule has 0 unspecified atom stereocenters. The van der Waals surface area contributed by atoms with E-state index in [1.165, 1.54) is 11.1 Å². The molecule has 31 heavy (non-hydrogen) atoms. The van der Waals surface area contributed by atoms with E-state index < -0.39 is 17.7 Å². The molecule has 0 saturated carbocycles. The molecule has 1 N–H and O–H groups in total. The third kappa shape index (κ3) is 4.19. The largest absolute Gasteiger partial charge is 0.507 e. The van der Waals surface area contributed by atoms with Gasteiger partial charge in [0, 0.05) is 44.8 Å². The van der Waals surface area contributed by atoms with Crippen molar-refractivity contribution < 1.29 is 19.4 Å². The molecule has 0 spiro atoms. The quantitative estimate of drug-likeness (QED) is 0.435. The van der Waals surface area contributed by atoms with E-state index in [0.29, 0.717) is 48.9 Å². The Hall–Kier alpha value is -3.17. The summed E-state index contributed by atoms with van der Waals surface area (Å²) >= 11 is 0. The molecular weight excluding hydrogens is 398 g/mol. The fourth-order valence-corrected chi connectivity index (χ4v) is 4.03. The van der Waals surface area contributed by atoms with Gasteiger partial charge in [0.15, 0.2) is 0 Å². The molecule has 0 bridgehead atoms. The second-order valence-electron chi connectivity index (χ2n) is 7.65. The second-order valence-corrected chi connectivity index (χ2v) is 7.65. The third-order valence-electron chi connectivity index (χ3n) is 5.66. The number of ether oxygens (including phenoxy) is 1. The summed E-state index contributed by atoms with van der Waals surface area (Å²) in [5.74, 6) is -1.05. The molecule has 2 saturated heterocycles. The Labute approximate surface area is 180 Å². The molecule has 2 aliphatic heterocycles. The molecule has 0 aromatic carbocycles. The van der Waals surface area contributed by atoms with E-state index in [1.807, 2.05) is 0 Å². The number of morpholine rings is 1. The lowest BCUT2D eigenvalue weighted by Crippen LogP contribution is -2.42. The molecule has 9 nitrogen and oxygen atoms in total. The summed E-state index contributed by atoms with van der Waals surface area (Å²) in [5, 5.41) is 11.1. The molecular formula is C22H25N5O4. The molecule has 2 aromatic heterocycles. The number of aliphatic hydroxyl groups is 1. The minimum absolute atomic E-state index is 0.0375. The van der Waals surface area contributed by atoms with Crippen LogP contribution in [0.25, 0.3) is 5.76 Å². The number of carbonyl (C=O) groups excluding carboxylic acids is 2. The number of aliphatic hydroxyl groups excluding tert-OH is 1. The SMILES string of the molecule is Cc1ncc(/C(O)=C2\C(=O)C(=O)N(CCN3CCOCC3)[C@H]2c2cccnc2)c(C)n1. The van der Waals surface area contributed by atoms with Crippen molar-refractivity contribution in [2.75, 3.05) is 39.4 Å². The van der Waals surface area contributed by atoms with Gasteiger partial charge in [0.05, 0.1) is 36.1 Å². The van der Waals surface area contributed by atoms with Crippen LogP contribution in [0.1, 0.15) is 28.7 Å². The van der Waals surface area contributed by atoms with Crippen LogP contribution in [0.2, 0.25) is 0 Å². The summed E-state index contributed by atoms with van der Waals surface area (Å²) in [4.78, 5) is 42.3. The van der Waals surface area contributed by atoms with E-state index in [9.17, 15) is 14.7 Å². The van der Waals surface area contributed by atoms with Gasteiger partial charge in [-0.1, -0.05) is 6.07 Å². The summed E-state index contributed by atoms with van der Waals surface area (Å²) in [6.07, 6.45) is 4.72. The molecule has 4 rings (SSSR count). The molecule has 2 aliphatic rings. The van der Waals surface area contributed by atoms with Gasteiger partial charge >= 0.3 is 0 Å². The summed E-state index contributed by atoms with van der Waals surface area (Å²) in [6.45, 7) is 7.30. The number of likely N-dealkylation sites (tertiary alicyclic amines) is 1. The number of carbonyl (C=O) groups is 2. The number of Topliss-reactive ketones (excluding diaryl/α,β-unsaturated/α-hetero) is 1. The lowest BCUT2D eigenvalue weighted by molar-refractivity contribution is -0.140. The van der Waals surface area contributed by atoms with Crippen LogP contribution in [0.3, 0.4) is 0 Å². The van der Waals surface area contributed by atoms with E-state index in [4.69, 9.17) is 4.74 Å². The number of amides is 1. The van der Waals surface area contributed by atoms with Crippen LogP contribution in [0.5, 0.6) is 0 Å². The van der Waals surface area contributed by atoms with Gasteiger partial charge in [0.1, 0.15) is 11.6 Å². The Bertz CT molecular complexity index is 1020. The number of nitrogens with zero attached hydrogens (tertiary/aromatic N) is 5. The average Bonchev–Trinajstić information content (AvgIpc) is 3.03. The zero-order valence-corrected chi connectivity index (χ0v) is 17.6. The standard InChI is InChI=1S/C22H25N5O4/c1-14-17(13-24-15(2)25-14)20(28)18-19(16-4-3-5-23-12-16)27(22(30)21(18)29)7-6-26-8-10-31-11-9-26/h3-5,12-13,19,28H,6-11H2,1-2H3/b20-18+/t19-/m0/s1. The fourth-order valence-electron chi connectivity index (χ4n) is 4.03. The molecule has 2 fully saturated rings. The van der Waals surface area contributed by atoms with Crippen molar-refractivity contribution in [2.45, 2.75) is 19.9 Å². The Morgan fingerprint density at radius 1 is 1.19 bits per heavy atom. The summed E-state index contributed by atoms with van der Waals surface area (Å²) in [5.41, 5.74) is 1.58. The summed E-state index contributed by atoms with van der Waals surface area (Å²) in [7, 11) is 0. The van der Waals surface area contributed by atoms with E-state index in [-0.39, 0.29) is 11.3 Å². The first-order valence-electron chi connectivity index (χ1n) is 10.3. The molecule has 9 heteroatoms. The number of aromatic nitrogens is 3. The number of pyridine rings is 1. The maximum atomic E-state index is 13.0. The minimum atomic E-state index is -0.726. The van der Waals surface area contributed by atoms with Crippen LogP contribution < -0.4 is 0 Å². The van der Waals surface area contributed by atoms with Gasteiger partial charge in [-0.3, -0.25) is 19.5 Å². The predicted octanol–water partition coefficient (Wildman–Crippen LogP) is 1.24. The van der Waals surface area contributed by atoms with E-state index in [2.05, 4.69) is 19.9 Å². The Kier molecular flexibility index (Phi) is 6.06. The highest BCUT2D eigenvalue weighted by Gasteiger charge is 2.46. The lowest BCUT2D eigenvalue weighted by atomic mass is 9.96. The van der Waals surface area contributed by atoms with E-state index in [0.717, 1.165) is 13.1 Å². The summed E-state index contributed by atoms with van der Waals surface area (Å²) in [6, 6.07) is 2.82. The number of aryl methyl sites for hydroxylation is 2. The highest BCUT2D eigenvalue weighted by atomic mass is 16.5. The highest BCUT2D eigenvalue weighted by Crippen LogP contribution is 2.39. The Morgan fingerprint density at radius 2 is 1.97 bits per heavy atom. The Morgan fingerprint density at radius 3 is 2.65 bits per heavy atom. The minimum Gasteiger partial charge on any atom is -0.507 e. The highest BCUT2D eigenvalue weighted by molar-refractivity contribution is 6.46. The van der Waals surface area contributed by atoms with Crippen LogP contribution in [0.4, 0.5) is 0 Å². The molecule has 0 aliphatic carbocycles. The van der Waals surface area contributed by atoms with Gasteiger partial charge in [-0.05, 0) is 25.5 Å². The van der Waals surface area contributed by atoms with Crippen LogP contribution in [-0.4, -0.2) is 80.9 Å². The van der Waals surface area contributed by atoms with Gasteiger partial charge in [0.2, 0.25) is 0 Å².